The molecular weight excluding hydrogens is 282 g/mol. The van der Waals surface area contributed by atoms with Gasteiger partial charge in [-0.2, -0.15) is 0 Å². The SMILES string of the molecule is CCCCCC/C=C/CCCCCCCC1NC=CN1C(C)N. The minimum absolute atomic E-state index is 0.0972. The number of nitrogens with two attached hydrogens (primary N) is 1. The van der Waals surface area contributed by atoms with Crippen molar-refractivity contribution in [3.8, 4) is 0 Å². The summed E-state index contributed by atoms with van der Waals surface area (Å²) in [5.41, 5.74) is 5.96. The standard InChI is InChI=1S/C20H39N3/c1-3-4-5-6-7-8-9-10-11-12-13-14-15-16-20-22-17-18-23(20)19(2)21/h8-9,17-20,22H,3-7,10-16,21H2,1-2H3/b9-8+. The third kappa shape index (κ3) is 9.70. The highest BCUT2D eigenvalue weighted by Crippen LogP contribution is 2.15. The van der Waals surface area contributed by atoms with Gasteiger partial charge in [0.15, 0.2) is 0 Å². The molecule has 0 spiro atoms. The summed E-state index contributed by atoms with van der Waals surface area (Å²) in [4.78, 5) is 2.21. The molecule has 3 heteroatoms. The molecule has 0 radical (unpaired) electrons. The summed E-state index contributed by atoms with van der Waals surface area (Å²) in [6.45, 7) is 4.31. The fraction of sp³-hybridized carbons (Fsp3) is 0.800. The Balaban J connectivity index is 1.86. The first kappa shape index (κ1) is 20.1. The Labute approximate surface area is 144 Å². The molecule has 3 N–H and O–H groups in total. The van der Waals surface area contributed by atoms with Crippen molar-refractivity contribution in [1.82, 2.24) is 10.2 Å². The van der Waals surface area contributed by atoms with Gasteiger partial charge in [0.25, 0.3) is 0 Å². The smallest absolute Gasteiger partial charge is 0.0995 e. The van der Waals surface area contributed by atoms with Crippen molar-refractivity contribution in [1.29, 1.82) is 0 Å². The van der Waals surface area contributed by atoms with Gasteiger partial charge in [-0.1, -0.05) is 57.6 Å². The third-order valence-corrected chi connectivity index (χ3v) is 4.60. The number of rotatable bonds is 14. The van der Waals surface area contributed by atoms with Gasteiger partial charge in [0.05, 0.1) is 12.3 Å². The lowest BCUT2D eigenvalue weighted by Gasteiger charge is -2.28. The Bertz CT molecular complexity index is 323. The third-order valence-electron chi connectivity index (χ3n) is 4.60. The molecule has 1 aliphatic heterocycles. The highest BCUT2D eigenvalue weighted by Gasteiger charge is 2.20. The van der Waals surface area contributed by atoms with Crippen LogP contribution >= 0.6 is 0 Å². The van der Waals surface area contributed by atoms with Crippen molar-refractivity contribution >= 4 is 0 Å². The molecule has 1 rings (SSSR count). The van der Waals surface area contributed by atoms with Crippen LogP contribution in [0.15, 0.2) is 24.6 Å². The van der Waals surface area contributed by atoms with Crippen molar-refractivity contribution in [2.24, 2.45) is 5.73 Å². The first-order valence-corrected chi connectivity index (χ1v) is 9.86. The van der Waals surface area contributed by atoms with E-state index in [0.29, 0.717) is 6.17 Å². The Hall–Kier alpha value is -0.960. The van der Waals surface area contributed by atoms with E-state index in [4.69, 9.17) is 5.73 Å². The number of hydrogen-bond acceptors (Lipinski definition) is 3. The molecule has 0 aromatic rings. The zero-order valence-electron chi connectivity index (χ0n) is 15.5. The lowest BCUT2D eigenvalue weighted by molar-refractivity contribution is 0.208. The molecule has 0 amide bonds. The van der Waals surface area contributed by atoms with Crippen LogP contribution in [0.1, 0.15) is 90.9 Å². The van der Waals surface area contributed by atoms with E-state index in [1.165, 1.54) is 77.0 Å². The molecule has 134 valence electrons. The van der Waals surface area contributed by atoms with Gasteiger partial charge in [-0.3, -0.25) is 0 Å². The van der Waals surface area contributed by atoms with Gasteiger partial charge in [-0.05, 0) is 45.4 Å². The molecule has 3 nitrogen and oxygen atoms in total. The monoisotopic (exact) mass is 321 g/mol. The topological polar surface area (TPSA) is 41.3 Å². The molecular formula is C20H39N3. The second-order valence-electron chi connectivity index (χ2n) is 6.85. The highest BCUT2D eigenvalue weighted by atomic mass is 15.3. The van der Waals surface area contributed by atoms with Gasteiger partial charge in [0.2, 0.25) is 0 Å². The molecule has 0 aromatic carbocycles. The van der Waals surface area contributed by atoms with Crippen LogP contribution in [0.2, 0.25) is 0 Å². The van der Waals surface area contributed by atoms with Gasteiger partial charge in [-0.25, -0.2) is 0 Å². The molecule has 0 fully saturated rings. The molecule has 0 saturated heterocycles. The Morgan fingerprint density at radius 3 is 2.26 bits per heavy atom. The van der Waals surface area contributed by atoms with E-state index >= 15 is 0 Å². The van der Waals surface area contributed by atoms with E-state index in [0.717, 1.165) is 0 Å². The quantitative estimate of drug-likeness (QED) is 0.339. The van der Waals surface area contributed by atoms with E-state index in [2.05, 4.69) is 35.5 Å². The van der Waals surface area contributed by atoms with Gasteiger partial charge in [-0.15, -0.1) is 0 Å². The highest BCUT2D eigenvalue weighted by molar-refractivity contribution is 4.95. The van der Waals surface area contributed by atoms with Crippen LogP contribution in [0, 0.1) is 0 Å². The van der Waals surface area contributed by atoms with Gasteiger partial charge in [0.1, 0.15) is 0 Å². The van der Waals surface area contributed by atoms with Gasteiger partial charge >= 0.3 is 0 Å². The molecule has 0 aromatic heterocycles. The predicted molar refractivity (Wildman–Crippen MR) is 102 cm³/mol. The van der Waals surface area contributed by atoms with E-state index in [1.807, 2.05) is 13.1 Å². The van der Waals surface area contributed by atoms with Crippen LogP contribution < -0.4 is 11.1 Å². The van der Waals surface area contributed by atoms with Crippen molar-refractivity contribution < 1.29 is 0 Å². The number of nitrogens with zero attached hydrogens (tertiary/aromatic N) is 1. The molecule has 1 aliphatic rings. The number of hydrogen-bond donors (Lipinski definition) is 2. The van der Waals surface area contributed by atoms with Crippen LogP contribution in [0.25, 0.3) is 0 Å². The minimum Gasteiger partial charge on any atom is -0.370 e. The van der Waals surface area contributed by atoms with E-state index in [1.54, 1.807) is 0 Å². The molecule has 1 heterocycles. The Morgan fingerprint density at radius 1 is 1.00 bits per heavy atom. The normalized spacial score (nSPS) is 18.7. The van der Waals surface area contributed by atoms with Crippen LogP contribution in [-0.4, -0.2) is 17.2 Å². The van der Waals surface area contributed by atoms with Crippen molar-refractivity contribution in [3.63, 3.8) is 0 Å². The zero-order valence-corrected chi connectivity index (χ0v) is 15.5. The summed E-state index contributed by atoms with van der Waals surface area (Å²) in [7, 11) is 0. The van der Waals surface area contributed by atoms with Crippen molar-refractivity contribution in [3.05, 3.63) is 24.6 Å². The maximum Gasteiger partial charge on any atom is 0.0995 e. The summed E-state index contributed by atoms with van der Waals surface area (Å²) in [5, 5.41) is 3.39. The van der Waals surface area contributed by atoms with Crippen LogP contribution in [0.4, 0.5) is 0 Å². The molecule has 0 saturated carbocycles. The maximum atomic E-state index is 5.96. The van der Waals surface area contributed by atoms with E-state index in [9.17, 15) is 0 Å². The fourth-order valence-electron chi connectivity index (χ4n) is 3.14. The van der Waals surface area contributed by atoms with E-state index < -0.39 is 0 Å². The number of nitrogens with one attached hydrogen (secondary N) is 1. The summed E-state index contributed by atoms with van der Waals surface area (Å²) < 4.78 is 0. The first-order chi connectivity index (χ1) is 11.3. The Morgan fingerprint density at radius 2 is 1.61 bits per heavy atom. The lowest BCUT2D eigenvalue weighted by Crippen LogP contribution is -2.44. The van der Waals surface area contributed by atoms with Crippen LogP contribution in [-0.2, 0) is 0 Å². The summed E-state index contributed by atoms with van der Waals surface area (Å²) in [6, 6.07) is 0. The van der Waals surface area contributed by atoms with Gasteiger partial charge in [0, 0.05) is 12.4 Å². The maximum absolute atomic E-state index is 5.96. The second-order valence-corrected chi connectivity index (χ2v) is 6.85. The first-order valence-electron chi connectivity index (χ1n) is 9.86. The van der Waals surface area contributed by atoms with Crippen molar-refractivity contribution in [2.75, 3.05) is 0 Å². The number of unbranched alkanes of at least 4 members (excludes halogenated alkanes) is 9. The average molecular weight is 322 g/mol. The van der Waals surface area contributed by atoms with Crippen LogP contribution in [0.3, 0.4) is 0 Å². The summed E-state index contributed by atoms with van der Waals surface area (Å²) in [5.74, 6) is 0. The molecule has 0 aliphatic carbocycles. The van der Waals surface area contributed by atoms with Crippen molar-refractivity contribution in [2.45, 2.75) is 103 Å². The largest absolute Gasteiger partial charge is 0.370 e. The minimum atomic E-state index is 0.0972. The number of allylic oxidation sites excluding steroid dienone is 2. The second kappa shape index (κ2) is 13.5. The summed E-state index contributed by atoms with van der Waals surface area (Å²) in [6.07, 6.45) is 25.3. The molecule has 2 atom stereocenters. The predicted octanol–water partition coefficient (Wildman–Crippen LogP) is 5.25. The Kier molecular flexibility index (Phi) is 11.8. The lowest BCUT2D eigenvalue weighted by atomic mass is 10.1. The average Bonchev–Trinajstić information content (AvgIpc) is 3.00. The molecule has 0 bridgehead atoms. The summed E-state index contributed by atoms with van der Waals surface area (Å²) >= 11 is 0. The molecule has 23 heavy (non-hydrogen) atoms. The van der Waals surface area contributed by atoms with E-state index in [-0.39, 0.29) is 6.17 Å². The zero-order chi connectivity index (χ0) is 16.8. The molecule has 2 unspecified atom stereocenters. The van der Waals surface area contributed by atoms with Crippen LogP contribution in [0.5, 0.6) is 0 Å². The van der Waals surface area contributed by atoms with Gasteiger partial charge < -0.3 is 16.0 Å². The fourth-order valence-corrected chi connectivity index (χ4v) is 3.14.